The lowest BCUT2D eigenvalue weighted by molar-refractivity contribution is -0.150. The summed E-state index contributed by atoms with van der Waals surface area (Å²) in [6.45, 7) is 5.87. The molecule has 1 saturated carbocycles. The maximum atomic E-state index is 12.2. The average molecular weight is 296 g/mol. The zero-order valence-electron chi connectivity index (χ0n) is 13.2. The molecule has 0 radical (unpaired) electrons. The van der Waals surface area contributed by atoms with Crippen molar-refractivity contribution in [3.63, 3.8) is 0 Å². The third kappa shape index (κ3) is 3.89. The van der Waals surface area contributed by atoms with Crippen LogP contribution in [0.3, 0.4) is 0 Å². The number of nitrogens with one attached hydrogen (secondary N) is 1. The van der Waals surface area contributed by atoms with Crippen molar-refractivity contribution >= 4 is 12.0 Å². The molecule has 21 heavy (non-hydrogen) atoms. The van der Waals surface area contributed by atoms with E-state index in [1.807, 2.05) is 0 Å². The Morgan fingerprint density at radius 1 is 1.24 bits per heavy atom. The van der Waals surface area contributed by atoms with E-state index in [1.165, 1.54) is 25.7 Å². The van der Waals surface area contributed by atoms with Crippen LogP contribution in [0.25, 0.3) is 0 Å². The number of carbonyl (C=O) groups excluding carboxylic acids is 1. The minimum Gasteiger partial charge on any atom is -0.481 e. The summed E-state index contributed by atoms with van der Waals surface area (Å²) in [6.07, 6.45) is 6.13. The van der Waals surface area contributed by atoms with Gasteiger partial charge in [0.05, 0.1) is 5.41 Å². The first-order chi connectivity index (χ1) is 9.92. The van der Waals surface area contributed by atoms with Crippen LogP contribution in [0, 0.1) is 17.3 Å². The summed E-state index contributed by atoms with van der Waals surface area (Å²) in [5, 5.41) is 12.3. The van der Waals surface area contributed by atoms with Crippen molar-refractivity contribution in [3.8, 4) is 0 Å². The van der Waals surface area contributed by atoms with E-state index in [-0.39, 0.29) is 6.03 Å². The minimum atomic E-state index is -0.751. The largest absolute Gasteiger partial charge is 0.481 e. The molecular formula is C16H28N2O3. The summed E-state index contributed by atoms with van der Waals surface area (Å²) in [5.74, 6) is 0.533. The lowest BCUT2D eigenvalue weighted by Crippen LogP contribution is -2.49. The van der Waals surface area contributed by atoms with Gasteiger partial charge in [0.1, 0.15) is 0 Å². The van der Waals surface area contributed by atoms with Crippen LogP contribution in [0.15, 0.2) is 0 Å². The highest BCUT2D eigenvalue weighted by Crippen LogP contribution is 2.31. The van der Waals surface area contributed by atoms with Crippen LogP contribution in [0.5, 0.6) is 0 Å². The molecular weight excluding hydrogens is 268 g/mol. The van der Waals surface area contributed by atoms with Gasteiger partial charge in [-0.05, 0) is 38.0 Å². The Bertz CT molecular complexity index is 389. The molecule has 2 N–H and O–H groups in total. The van der Waals surface area contributed by atoms with Crippen LogP contribution < -0.4 is 5.32 Å². The predicted molar refractivity (Wildman–Crippen MR) is 81.1 cm³/mol. The highest BCUT2D eigenvalue weighted by molar-refractivity contribution is 5.76. The van der Waals surface area contributed by atoms with E-state index >= 15 is 0 Å². The Morgan fingerprint density at radius 3 is 2.43 bits per heavy atom. The molecule has 2 amide bonds. The number of carbonyl (C=O) groups is 2. The fraction of sp³-hybridized carbons (Fsp3) is 0.875. The average Bonchev–Trinajstić information content (AvgIpc) is 2.46. The monoisotopic (exact) mass is 296 g/mol. The summed E-state index contributed by atoms with van der Waals surface area (Å²) < 4.78 is 0. The van der Waals surface area contributed by atoms with Crippen molar-refractivity contribution in [1.82, 2.24) is 10.2 Å². The van der Waals surface area contributed by atoms with Gasteiger partial charge in [-0.25, -0.2) is 4.79 Å². The van der Waals surface area contributed by atoms with Gasteiger partial charge in [-0.3, -0.25) is 4.79 Å². The first-order valence-corrected chi connectivity index (χ1v) is 8.18. The molecule has 2 aliphatic rings. The molecule has 5 heteroatoms. The van der Waals surface area contributed by atoms with E-state index in [4.69, 9.17) is 0 Å². The van der Waals surface area contributed by atoms with Gasteiger partial charge in [0.15, 0.2) is 0 Å². The highest BCUT2D eigenvalue weighted by atomic mass is 16.4. The summed E-state index contributed by atoms with van der Waals surface area (Å²) in [6, 6.07) is -0.0276. The Morgan fingerprint density at radius 2 is 1.86 bits per heavy atom. The smallest absolute Gasteiger partial charge is 0.317 e. The van der Waals surface area contributed by atoms with Crippen LogP contribution in [-0.4, -0.2) is 41.6 Å². The summed E-state index contributed by atoms with van der Waals surface area (Å²) in [4.78, 5) is 25.2. The number of carboxylic acid groups (broad SMARTS) is 1. The number of hydrogen-bond acceptors (Lipinski definition) is 2. The molecule has 0 spiro atoms. The van der Waals surface area contributed by atoms with Crippen LogP contribution in [0.2, 0.25) is 0 Å². The van der Waals surface area contributed by atoms with Crippen LogP contribution in [-0.2, 0) is 4.79 Å². The fourth-order valence-corrected chi connectivity index (χ4v) is 3.44. The molecule has 1 saturated heterocycles. The molecule has 5 nitrogen and oxygen atoms in total. The molecule has 2 unspecified atom stereocenters. The fourth-order valence-electron chi connectivity index (χ4n) is 3.44. The van der Waals surface area contributed by atoms with E-state index in [0.29, 0.717) is 37.8 Å². The first-order valence-electron chi connectivity index (χ1n) is 8.18. The van der Waals surface area contributed by atoms with Crippen molar-refractivity contribution in [1.29, 1.82) is 0 Å². The Labute approximate surface area is 127 Å². The molecule has 2 fully saturated rings. The maximum absolute atomic E-state index is 12.2. The number of aliphatic carboxylic acids is 1. The summed E-state index contributed by atoms with van der Waals surface area (Å²) in [7, 11) is 0. The quantitative estimate of drug-likeness (QED) is 0.841. The second-order valence-electron chi connectivity index (χ2n) is 7.06. The molecule has 2 atom stereocenters. The van der Waals surface area contributed by atoms with Crippen molar-refractivity contribution < 1.29 is 14.7 Å². The summed E-state index contributed by atoms with van der Waals surface area (Å²) >= 11 is 0. The molecule has 1 aliphatic heterocycles. The SMILES string of the molecule is CC1CCCCC1CNC(=O)N1CCC(C)(C(=O)O)CC1. The van der Waals surface area contributed by atoms with E-state index in [0.717, 1.165) is 6.54 Å². The number of urea groups is 1. The molecule has 1 heterocycles. The third-order valence-electron chi connectivity index (χ3n) is 5.48. The van der Waals surface area contributed by atoms with E-state index in [9.17, 15) is 14.7 Å². The Hall–Kier alpha value is -1.26. The van der Waals surface area contributed by atoms with Gasteiger partial charge in [0.25, 0.3) is 0 Å². The van der Waals surface area contributed by atoms with Crippen molar-refractivity contribution in [2.45, 2.75) is 52.4 Å². The van der Waals surface area contributed by atoms with Gasteiger partial charge < -0.3 is 15.3 Å². The van der Waals surface area contributed by atoms with Crippen LogP contribution >= 0.6 is 0 Å². The lowest BCUT2D eigenvalue weighted by atomic mass is 9.80. The molecule has 1 aliphatic carbocycles. The van der Waals surface area contributed by atoms with Gasteiger partial charge in [0, 0.05) is 19.6 Å². The van der Waals surface area contributed by atoms with Gasteiger partial charge in [-0.2, -0.15) is 0 Å². The number of likely N-dealkylation sites (tertiary alicyclic amines) is 1. The number of nitrogens with zero attached hydrogens (tertiary/aromatic N) is 1. The highest BCUT2D eigenvalue weighted by Gasteiger charge is 2.38. The van der Waals surface area contributed by atoms with E-state index < -0.39 is 11.4 Å². The lowest BCUT2D eigenvalue weighted by Gasteiger charge is -2.37. The molecule has 0 aromatic heterocycles. The van der Waals surface area contributed by atoms with E-state index in [2.05, 4.69) is 12.2 Å². The number of rotatable bonds is 3. The molecule has 0 aromatic rings. The van der Waals surface area contributed by atoms with Crippen molar-refractivity contribution in [3.05, 3.63) is 0 Å². The minimum absolute atomic E-state index is 0.0276. The standard InChI is InChI=1S/C16H28N2O3/c1-12-5-3-4-6-13(12)11-17-15(21)18-9-7-16(2,8-10-18)14(19)20/h12-13H,3-11H2,1-2H3,(H,17,21)(H,19,20). The second kappa shape index (κ2) is 6.67. The molecule has 120 valence electrons. The van der Waals surface area contributed by atoms with E-state index in [1.54, 1.807) is 11.8 Å². The number of amides is 2. The first kappa shape index (κ1) is 16.1. The third-order valence-corrected chi connectivity index (χ3v) is 5.48. The van der Waals surface area contributed by atoms with Gasteiger partial charge in [-0.15, -0.1) is 0 Å². The van der Waals surface area contributed by atoms with Gasteiger partial charge in [0.2, 0.25) is 0 Å². The van der Waals surface area contributed by atoms with Crippen LogP contribution in [0.4, 0.5) is 4.79 Å². The number of hydrogen-bond donors (Lipinski definition) is 2. The number of carboxylic acids is 1. The number of piperidine rings is 1. The van der Waals surface area contributed by atoms with Crippen molar-refractivity contribution in [2.75, 3.05) is 19.6 Å². The maximum Gasteiger partial charge on any atom is 0.317 e. The predicted octanol–water partition coefficient (Wildman–Crippen LogP) is 2.71. The molecule has 0 aromatic carbocycles. The molecule has 2 rings (SSSR count). The normalized spacial score (nSPS) is 29.0. The Balaban J connectivity index is 1.76. The van der Waals surface area contributed by atoms with Crippen LogP contribution in [0.1, 0.15) is 52.4 Å². The van der Waals surface area contributed by atoms with Gasteiger partial charge in [-0.1, -0.05) is 26.2 Å². The van der Waals surface area contributed by atoms with Crippen molar-refractivity contribution in [2.24, 2.45) is 17.3 Å². The zero-order valence-corrected chi connectivity index (χ0v) is 13.2. The summed E-state index contributed by atoms with van der Waals surface area (Å²) in [5.41, 5.74) is -0.672. The zero-order chi connectivity index (χ0) is 15.5. The Kier molecular flexibility index (Phi) is 5.12. The van der Waals surface area contributed by atoms with Gasteiger partial charge >= 0.3 is 12.0 Å². The topological polar surface area (TPSA) is 69.6 Å². The molecule has 0 bridgehead atoms. The second-order valence-corrected chi connectivity index (χ2v) is 7.06.